The minimum atomic E-state index is 0.0946. The van der Waals surface area contributed by atoms with E-state index >= 15 is 0 Å². The van der Waals surface area contributed by atoms with Crippen molar-refractivity contribution >= 4 is 12.1 Å². The first-order chi connectivity index (χ1) is 9.42. The van der Waals surface area contributed by atoms with Crippen LogP contribution in [0.1, 0.15) is 24.8 Å². The standard InChI is InChI=1S/C16H20N2O/c1-3-7-14(8-4-1)9-10-15-13-17-16(19-15)18-11-5-2-6-12-18/h1,3-4,7-10,15H,2,5-6,11-13H2/b10-9+. The van der Waals surface area contributed by atoms with E-state index in [1.165, 1.54) is 24.8 Å². The highest BCUT2D eigenvalue weighted by atomic mass is 16.5. The maximum absolute atomic E-state index is 5.91. The summed E-state index contributed by atoms with van der Waals surface area (Å²) in [4.78, 5) is 6.80. The highest BCUT2D eigenvalue weighted by Crippen LogP contribution is 2.16. The Morgan fingerprint density at radius 1 is 1.11 bits per heavy atom. The molecule has 0 aliphatic carbocycles. The number of ether oxygens (including phenoxy) is 1. The summed E-state index contributed by atoms with van der Waals surface area (Å²) in [5.74, 6) is 0. The molecule has 1 fully saturated rings. The van der Waals surface area contributed by atoms with E-state index in [2.05, 4.69) is 34.2 Å². The fourth-order valence-electron chi connectivity index (χ4n) is 2.52. The second-order valence-electron chi connectivity index (χ2n) is 5.10. The van der Waals surface area contributed by atoms with Crippen LogP contribution in [0.25, 0.3) is 6.08 Å². The zero-order valence-electron chi connectivity index (χ0n) is 11.2. The van der Waals surface area contributed by atoms with Crippen molar-refractivity contribution in [2.24, 2.45) is 4.99 Å². The molecule has 3 nitrogen and oxygen atoms in total. The Morgan fingerprint density at radius 3 is 2.68 bits per heavy atom. The fraction of sp³-hybridized carbons (Fsp3) is 0.438. The summed E-state index contributed by atoms with van der Waals surface area (Å²) < 4.78 is 5.91. The molecule has 1 aromatic carbocycles. The molecule has 2 heterocycles. The van der Waals surface area contributed by atoms with E-state index in [-0.39, 0.29) is 6.10 Å². The topological polar surface area (TPSA) is 24.8 Å². The molecule has 0 aromatic heterocycles. The molecule has 2 aliphatic rings. The van der Waals surface area contributed by atoms with Crippen molar-refractivity contribution in [2.75, 3.05) is 19.6 Å². The molecule has 0 bridgehead atoms. The molecule has 100 valence electrons. The van der Waals surface area contributed by atoms with Crippen molar-refractivity contribution in [3.63, 3.8) is 0 Å². The van der Waals surface area contributed by atoms with E-state index in [0.717, 1.165) is 25.7 Å². The number of hydrogen-bond donors (Lipinski definition) is 0. The number of hydrogen-bond acceptors (Lipinski definition) is 3. The van der Waals surface area contributed by atoms with Gasteiger partial charge in [-0.15, -0.1) is 0 Å². The van der Waals surface area contributed by atoms with Gasteiger partial charge in [-0.3, -0.25) is 0 Å². The second-order valence-corrected chi connectivity index (χ2v) is 5.10. The van der Waals surface area contributed by atoms with Crippen molar-refractivity contribution in [2.45, 2.75) is 25.4 Å². The van der Waals surface area contributed by atoms with Gasteiger partial charge in [-0.1, -0.05) is 36.4 Å². The predicted molar refractivity (Wildman–Crippen MR) is 78.1 cm³/mol. The minimum Gasteiger partial charge on any atom is -0.456 e. The van der Waals surface area contributed by atoms with Crippen LogP contribution in [-0.2, 0) is 4.74 Å². The molecular formula is C16H20N2O. The monoisotopic (exact) mass is 256 g/mol. The Kier molecular flexibility index (Phi) is 3.82. The number of benzene rings is 1. The number of aliphatic imine (C=N–C) groups is 1. The number of piperidine rings is 1. The van der Waals surface area contributed by atoms with E-state index in [0.29, 0.717) is 0 Å². The first-order valence-electron chi connectivity index (χ1n) is 7.11. The van der Waals surface area contributed by atoms with Crippen molar-refractivity contribution in [3.8, 4) is 0 Å². The molecule has 1 saturated heterocycles. The highest BCUT2D eigenvalue weighted by Gasteiger charge is 2.23. The van der Waals surface area contributed by atoms with Crippen LogP contribution < -0.4 is 0 Å². The third kappa shape index (κ3) is 3.16. The summed E-state index contributed by atoms with van der Waals surface area (Å²) in [5, 5.41) is 0. The van der Waals surface area contributed by atoms with Crippen molar-refractivity contribution in [1.29, 1.82) is 0 Å². The second kappa shape index (κ2) is 5.91. The first kappa shape index (κ1) is 12.3. The summed E-state index contributed by atoms with van der Waals surface area (Å²) in [5.41, 5.74) is 1.21. The maximum atomic E-state index is 5.91. The maximum Gasteiger partial charge on any atom is 0.288 e. The van der Waals surface area contributed by atoms with E-state index in [4.69, 9.17) is 4.74 Å². The van der Waals surface area contributed by atoms with Gasteiger partial charge in [-0.05, 0) is 30.9 Å². The molecule has 2 aliphatic heterocycles. The number of likely N-dealkylation sites (tertiary alicyclic amines) is 1. The molecule has 0 saturated carbocycles. The molecular weight excluding hydrogens is 236 g/mol. The molecule has 0 spiro atoms. The van der Waals surface area contributed by atoms with Gasteiger partial charge in [-0.25, -0.2) is 4.99 Å². The summed E-state index contributed by atoms with van der Waals surface area (Å²) in [6.07, 6.45) is 8.16. The van der Waals surface area contributed by atoms with Gasteiger partial charge < -0.3 is 9.64 Å². The van der Waals surface area contributed by atoms with Crippen LogP contribution in [-0.4, -0.2) is 36.7 Å². The van der Waals surface area contributed by atoms with Crippen LogP contribution in [0.2, 0.25) is 0 Å². The van der Waals surface area contributed by atoms with Crippen LogP contribution in [0.4, 0.5) is 0 Å². The lowest BCUT2D eigenvalue weighted by molar-refractivity contribution is 0.204. The molecule has 3 rings (SSSR count). The average Bonchev–Trinajstić information content (AvgIpc) is 2.96. The normalized spacial score (nSPS) is 23.5. The SMILES string of the molecule is C(=C\C1CN=C(N2CCCCC2)O1)/c1ccccc1. The summed E-state index contributed by atoms with van der Waals surface area (Å²) in [6.45, 7) is 2.93. The molecule has 0 N–H and O–H groups in total. The van der Waals surface area contributed by atoms with Gasteiger partial charge in [0.05, 0.1) is 6.54 Å². The Morgan fingerprint density at radius 2 is 1.89 bits per heavy atom. The molecule has 19 heavy (non-hydrogen) atoms. The van der Waals surface area contributed by atoms with Crippen LogP contribution in [0.5, 0.6) is 0 Å². The van der Waals surface area contributed by atoms with Gasteiger partial charge >= 0.3 is 0 Å². The van der Waals surface area contributed by atoms with Crippen LogP contribution in [0.15, 0.2) is 41.4 Å². The van der Waals surface area contributed by atoms with Crippen LogP contribution in [0, 0.1) is 0 Å². The average molecular weight is 256 g/mol. The Bertz CT molecular complexity index is 461. The van der Waals surface area contributed by atoms with E-state index in [1.54, 1.807) is 0 Å². The lowest BCUT2D eigenvalue weighted by Crippen LogP contribution is -2.36. The summed E-state index contributed by atoms with van der Waals surface area (Å²) in [7, 11) is 0. The van der Waals surface area contributed by atoms with Gasteiger partial charge in [0.1, 0.15) is 6.10 Å². The minimum absolute atomic E-state index is 0.0946. The molecule has 0 radical (unpaired) electrons. The third-order valence-corrected chi connectivity index (χ3v) is 3.59. The van der Waals surface area contributed by atoms with E-state index in [9.17, 15) is 0 Å². The lowest BCUT2D eigenvalue weighted by Gasteiger charge is -2.27. The van der Waals surface area contributed by atoms with Crippen LogP contribution in [0.3, 0.4) is 0 Å². The van der Waals surface area contributed by atoms with Gasteiger partial charge in [0, 0.05) is 13.1 Å². The molecule has 3 heteroatoms. The highest BCUT2D eigenvalue weighted by molar-refractivity contribution is 5.76. The van der Waals surface area contributed by atoms with Gasteiger partial charge in [0.15, 0.2) is 0 Å². The Hall–Kier alpha value is -1.77. The van der Waals surface area contributed by atoms with Crippen molar-refractivity contribution < 1.29 is 4.74 Å². The number of nitrogens with zero attached hydrogens (tertiary/aromatic N) is 2. The Labute approximate surface area is 114 Å². The van der Waals surface area contributed by atoms with Gasteiger partial charge in [0.25, 0.3) is 6.02 Å². The van der Waals surface area contributed by atoms with E-state index < -0.39 is 0 Å². The number of amidine groups is 1. The van der Waals surface area contributed by atoms with Crippen molar-refractivity contribution in [1.82, 2.24) is 4.90 Å². The van der Waals surface area contributed by atoms with Crippen LogP contribution >= 0.6 is 0 Å². The Balaban J connectivity index is 1.54. The zero-order valence-corrected chi connectivity index (χ0v) is 11.2. The predicted octanol–water partition coefficient (Wildman–Crippen LogP) is 2.94. The lowest BCUT2D eigenvalue weighted by atomic mass is 10.1. The largest absolute Gasteiger partial charge is 0.456 e. The zero-order chi connectivity index (χ0) is 12.9. The fourth-order valence-corrected chi connectivity index (χ4v) is 2.52. The van der Waals surface area contributed by atoms with Gasteiger partial charge in [-0.2, -0.15) is 0 Å². The molecule has 1 unspecified atom stereocenters. The smallest absolute Gasteiger partial charge is 0.288 e. The molecule has 1 aromatic rings. The molecule has 0 amide bonds. The van der Waals surface area contributed by atoms with Gasteiger partial charge in [0.2, 0.25) is 0 Å². The van der Waals surface area contributed by atoms with E-state index in [1.807, 2.05) is 18.2 Å². The number of rotatable bonds is 2. The quantitative estimate of drug-likeness (QED) is 0.812. The third-order valence-electron chi connectivity index (χ3n) is 3.59. The van der Waals surface area contributed by atoms with Crippen molar-refractivity contribution in [3.05, 3.63) is 42.0 Å². The first-order valence-corrected chi connectivity index (χ1v) is 7.11. The summed E-state index contributed by atoms with van der Waals surface area (Å²) >= 11 is 0. The molecule has 1 atom stereocenters. The summed E-state index contributed by atoms with van der Waals surface area (Å²) in [6, 6.07) is 11.2.